The largest absolute Gasteiger partial charge is 0.370 e. The second-order valence-corrected chi connectivity index (χ2v) is 8.09. The number of likely N-dealkylation sites (tertiary alicyclic amines) is 2. The minimum atomic E-state index is 0. The molecule has 0 aliphatic carbocycles. The third kappa shape index (κ3) is 6.59. The summed E-state index contributed by atoms with van der Waals surface area (Å²) in [6.07, 6.45) is 6.54. The second kappa shape index (κ2) is 12.0. The van der Waals surface area contributed by atoms with Crippen molar-refractivity contribution in [3.8, 4) is 0 Å². The highest BCUT2D eigenvalue weighted by Gasteiger charge is 2.22. The highest BCUT2D eigenvalue weighted by molar-refractivity contribution is 14.0. The van der Waals surface area contributed by atoms with Crippen molar-refractivity contribution in [1.29, 1.82) is 0 Å². The van der Waals surface area contributed by atoms with Gasteiger partial charge in [0.25, 0.3) is 0 Å². The second-order valence-electron chi connectivity index (χ2n) is 8.09. The molecule has 158 valence electrons. The van der Waals surface area contributed by atoms with Crippen LogP contribution < -0.4 is 11.1 Å². The molecule has 0 aromatic heterocycles. The van der Waals surface area contributed by atoms with Gasteiger partial charge in [-0.15, -0.1) is 24.0 Å². The lowest BCUT2D eigenvalue weighted by Gasteiger charge is -2.33. The minimum Gasteiger partial charge on any atom is -0.370 e. The van der Waals surface area contributed by atoms with E-state index < -0.39 is 0 Å². The maximum atomic E-state index is 6.15. The molecule has 2 unspecified atom stereocenters. The van der Waals surface area contributed by atoms with Gasteiger partial charge in [0.15, 0.2) is 5.96 Å². The number of nitrogens with zero attached hydrogens (tertiary/aromatic N) is 3. The quantitative estimate of drug-likeness (QED) is 0.342. The van der Waals surface area contributed by atoms with E-state index in [2.05, 4.69) is 58.2 Å². The SMILES string of the molecule is CCN1CCCC1CNC(N)=NCc1ccccc1CN1CCCCC1C.I. The molecule has 3 N–H and O–H groups in total. The predicted molar refractivity (Wildman–Crippen MR) is 129 cm³/mol. The molecular formula is C22H38IN5. The van der Waals surface area contributed by atoms with Crippen LogP contribution in [0.25, 0.3) is 0 Å². The lowest BCUT2D eigenvalue weighted by Crippen LogP contribution is -2.42. The number of benzene rings is 1. The average molecular weight is 499 g/mol. The Morgan fingerprint density at radius 3 is 2.61 bits per heavy atom. The first-order chi connectivity index (χ1) is 13.2. The van der Waals surface area contributed by atoms with Crippen molar-refractivity contribution in [1.82, 2.24) is 15.1 Å². The Morgan fingerprint density at radius 1 is 1.11 bits per heavy atom. The fraction of sp³-hybridized carbons (Fsp3) is 0.682. The first kappa shape index (κ1) is 23.4. The van der Waals surface area contributed by atoms with Crippen LogP contribution in [-0.4, -0.2) is 54.0 Å². The van der Waals surface area contributed by atoms with Gasteiger partial charge in [0, 0.05) is 25.2 Å². The number of nitrogens with two attached hydrogens (primary N) is 1. The topological polar surface area (TPSA) is 56.9 Å². The van der Waals surface area contributed by atoms with Gasteiger partial charge in [0.1, 0.15) is 0 Å². The summed E-state index contributed by atoms with van der Waals surface area (Å²) in [6.45, 7) is 10.7. The van der Waals surface area contributed by atoms with Crippen molar-refractivity contribution in [2.45, 2.75) is 71.1 Å². The van der Waals surface area contributed by atoms with Crippen molar-refractivity contribution >= 4 is 29.9 Å². The van der Waals surface area contributed by atoms with E-state index in [0.717, 1.165) is 19.6 Å². The zero-order chi connectivity index (χ0) is 19.1. The summed E-state index contributed by atoms with van der Waals surface area (Å²) in [6, 6.07) is 9.95. The van der Waals surface area contributed by atoms with Gasteiger partial charge >= 0.3 is 0 Å². The molecule has 6 heteroatoms. The fourth-order valence-corrected chi connectivity index (χ4v) is 4.47. The Hall–Kier alpha value is -0.860. The van der Waals surface area contributed by atoms with Crippen LogP contribution in [0, 0.1) is 0 Å². The Morgan fingerprint density at radius 2 is 1.86 bits per heavy atom. The van der Waals surface area contributed by atoms with Crippen molar-refractivity contribution in [2.24, 2.45) is 10.7 Å². The Kier molecular flexibility index (Phi) is 10.0. The molecule has 2 atom stereocenters. The lowest BCUT2D eigenvalue weighted by atomic mass is 10.0. The van der Waals surface area contributed by atoms with Gasteiger partial charge in [-0.2, -0.15) is 0 Å². The highest BCUT2D eigenvalue weighted by atomic mass is 127. The molecule has 28 heavy (non-hydrogen) atoms. The number of guanidine groups is 1. The summed E-state index contributed by atoms with van der Waals surface area (Å²) in [5, 5.41) is 3.34. The van der Waals surface area contributed by atoms with Gasteiger partial charge in [-0.3, -0.25) is 9.80 Å². The van der Waals surface area contributed by atoms with E-state index in [1.807, 2.05) is 0 Å². The Bertz CT molecular complexity index is 621. The van der Waals surface area contributed by atoms with Crippen molar-refractivity contribution in [2.75, 3.05) is 26.2 Å². The lowest BCUT2D eigenvalue weighted by molar-refractivity contribution is 0.152. The van der Waals surface area contributed by atoms with Gasteiger partial charge < -0.3 is 11.1 Å². The number of halogens is 1. The normalized spacial score (nSPS) is 24.1. The molecular weight excluding hydrogens is 461 g/mol. The van der Waals surface area contributed by atoms with E-state index in [-0.39, 0.29) is 24.0 Å². The van der Waals surface area contributed by atoms with Gasteiger partial charge in [0.05, 0.1) is 6.54 Å². The maximum Gasteiger partial charge on any atom is 0.188 e. The molecule has 1 aromatic carbocycles. The predicted octanol–water partition coefficient (Wildman–Crippen LogP) is 3.57. The monoisotopic (exact) mass is 499 g/mol. The van der Waals surface area contributed by atoms with Crippen LogP contribution in [-0.2, 0) is 13.1 Å². The van der Waals surface area contributed by atoms with E-state index in [1.165, 1.54) is 56.3 Å². The molecule has 0 saturated carbocycles. The molecule has 5 nitrogen and oxygen atoms in total. The molecule has 1 aromatic rings. The first-order valence-corrected chi connectivity index (χ1v) is 10.8. The van der Waals surface area contributed by atoms with Crippen LogP contribution >= 0.6 is 24.0 Å². The summed E-state index contributed by atoms with van der Waals surface area (Å²) in [5.41, 5.74) is 8.83. The van der Waals surface area contributed by atoms with Gasteiger partial charge in [-0.05, 0) is 63.4 Å². The number of aliphatic imine (C=N–C) groups is 1. The molecule has 2 heterocycles. The van der Waals surface area contributed by atoms with Crippen molar-refractivity contribution < 1.29 is 0 Å². The number of nitrogens with one attached hydrogen (secondary N) is 1. The molecule has 0 radical (unpaired) electrons. The first-order valence-electron chi connectivity index (χ1n) is 10.8. The Labute approximate surface area is 188 Å². The molecule has 2 fully saturated rings. The maximum absolute atomic E-state index is 6.15. The van der Waals surface area contributed by atoms with Crippen LogP contribution in [0.1, 0.15) is 57.1 Å². The summed E-state index contributed by atoms with van der Waals surface area (Å²) in [4.78, 5) is 9.75. The van der Waals surface area contributed by atoms with E-state index in [4.69, 9.17) is 5.73 Å². The number of rotatable bonds is 7. The number of hydrogen-bond donors (Lipinski definition) is 2. The standard InChI is InChI=1S/C22H37N5.HI/c1-3-26-14-8-12-21(26)16-25-22(23)24-15-19-10-4-5-11-20(19)17-27-13-7-6-9-18(27)2;/h4-5,10-11,18,21H,3,6-9,12-17H2,1-2H3,(H3,23,24,25);1H. The zero-order valence-electron chi connectivity index (χ0n) is 17.6. The molecule has 0 amide bonds. The van der Waals surface area contributed by atoms with Crippen LogP contribution in [0.3, 0.4) is 0 Å². The van der Waals surface area contributed by atoms with E-state index in [9.17, 15) is 0 Å². The summed E-state index contributed by atoms with van der Waals surface area (Å²) >= 11 is 0. The third-order valence-electron chi connectivity index (χ3n) is 6.28. The van der Waals surface area contributed by atoms with Crippen molar-refractivity contribution in [3.63, 3.8) is 0 Å². The van der Waals surface area contributed by atoms with Crippen molar-refractivity contribution in [3.05, 3.63) is 35.4 Å². The number of hydrogen-bond acceptors (Lipinski definition) is 3. The molecule has 0 bridgehead atoms. The molecule has 0 spiro atoms. The Balaban J connectivity index is 0.00000280. The van der Waals surface area contributed by atoms with Crippen LogP contribution in [0.5, 0.6) is 0 Å². The van der Waals surface area contributed by atoms with Crippen LogP contribution in [0.4, 0.5) is 0 Å². The van der Waals surface area contributed by atoms with Gasteiger partial charge in [0.2, 0.25) is 0 Å². The van der Waals surface area contributed by atoms with Gasteiger partial charge in [-0.1, -0.05) is 37.6 Å². The highest BCUT2D eigenvalue weighted by Crippen LogP contribution is 2.21. The van der Waals surface area contributed by atoms with E-state index in [0.29, 0.717) is 24.6 Å². The number of likely N-dealkylation sites (N-methyl/N-ethyl adjacent to an activating group) is 1. The summed E-state index contributed by atoms with van der Waals surface area (Å²) in [7, 11) is 0. The fourth-order valence-electron chi connectivity index (χ4n) is 4.47. The third-order valence-corrected chi connectivity index (χ3v) is 6.28. The zero-order valence-corrected chi connectivity index (χ0v) is 19.9. The molecule has 3 rings (SSSR count). The molecule has 2 saturated heterocycles. The average Bonchev–Trinajstić information content (AvgIpc) is 3.15. The van der Waals surface area contributed by atoms with Gasteiger partial charge in [-0.25, -0.2) is 4.99 Å². The van der Waals surface area contributed by atoms with Crippen LogP contribution in [0.2, 0.25) is 0 Å². The summed E-state index contributed by atoms with van der Waals surface area (Å²) in [5.74, 6) is 0.569. The van der Waals surface area contributed by atoms with Crippen LogP contribution in [0.15, 0.2) is 29.3 Å². The number of piperidine rings is 1. The summed E-state index contributed by atoms with van der Waals surface area (Å²) < 4.78 is 0. The minimum absolute atomic E-state index is 0. The smallest absolute Gasteiger partial charge is 0.188 e. The molecule has 2 aliphatic rings. The molecule has 2 aliphatic heterocycles. The van der Waals surface area contributed by atoms with E-state index in [1.54, 1.807) is 0 Å². The van der Waals surface area contributed by atoms with E-state index >= 15 is 0 Å².